The van der Waals surface area contributed by atoms with Gasteiger partial charge >= 0.3 is 0 Å². The van der Waals surface area contributed by atoms with Crippen LogP contribution < -0.4 is 4.72 Å². The van der Waals surface area contributed by atoms with Gasteiger partial charge in [0.15, 0.2) is 0 Å². The van der Waals surface area contributed by atoms with Crippen LogP contribution in [0.25, 0.3) is 0 Å². The van der Waals surface area contributed by atoms with Gasteiger partial charge in [0.25, 0.3) is 0 Å². The Hall–Kier alpha value is 0.0500. The van der Waals surface area contributed by atoms with E-state index in [2.05, 4.69) is 39.4 Å². The highest BCUT2D eigenvalue weighted by Gasteiger charge is 2.15. The molecule has 1 N–H and O–H groups in total. The number of nitrogens with zero attached hydrogens (tertiary/aromatic N) is 1. The largest absolute Gasteiger partial charge is 0.304 e. The van der Waals surface area contributed by atoms with E-state index in [9.17, 15) is 8.42 Å². The molecule has 0 spiro atoms. The fourth-order valence-electron chi connectivity index (χ4n) is 1.56. The Morgan fingerprint density at radius 1 is 1.33 bits per heavy atom. The lowest BCUT2D eigenvalue weighted by Crippen LogP contribution is -2.29. The van der Waals surface area contributed by atoms with E-state index < -0.39 is 10.0 Å². The average molecular weight is 355 g/mol. The zero-order valence-electron chi connectivity index (χ0n) is 10.6. The molecule has 104 valence electrons. The molecular formula is C11H19BrN2O2S2. The van der Waals surface area contributed by atoms with Crippen LogP contribution in [-0.2, 0) is 10.0 Å². The van der Waals surface area contributed by atoms with Crippen LogP contribution in [0.3, 0.4) is 0 Å². The van der Waals surface area contributed by atoms with Crippen molar-refractivity contribution in [3.05, 3.63) is 15.9 Å². The molecular weight excluding hydrogens is 336 g/mol. The molecule has 1 aromatic heterocycles. The molecule has 0 saturated heterocycles. The summed E-state index contributed by atoms with van der Waals surface area (Å²) in [6, 6.07) is 3.36. The van der Waals surface area contributed by atoms with Crippen molar-refractivity contribution < 1.29 is 8.42 Å². The highest BCUT2D eigenvalue weighted by atomic mass is 79.9. The van der Waals surface area contributed by atoms with Crippen LogP contribution in [0.5, 0.6) is 0 Å². The number of nitrogens with one attached hydrogen (secondary N) is 1. The van der Waals surface area contributed by atoms with Crippen molar-refractivity contribution in [2.24, 2.45) is 0 Å². The third-order valence-electron chi connectivity index (χ3n) is 2.65. The lowest BCUT2D eigenvalue weighted by molar-refractivity contribution is 0.300. The van der Waals surface area contributed by atoms with Gasteiger partial charge in [0.1, 0.15) is 4.21 Å². The Morgan fingerprint density at radius 2 is 2.00 bits per heavy atom. The van der Waals surface area contributed by atoms with Crippen molar-refractivity contribution in [2.45, 2.75) is 24.5 Å². The highest BCUT2D eigenvalue weighted by Crippen LogP contribution is 2.25. The Bertz CT molecular complexity index is 455. The van der Waals surface area contributed by atoms with Crippen LogP contribution in [0, 0.1) is 0 Å². The Morgan fingerprint density at radius 3 is 2.50 bits per heavy atom. The quantitative estimate of drug-likeness (QED) is 0.729. The molecule has 0 fully saturated rings. The summed E-state index contributed by atoms with van der Waals surface area (Å²) in [7, 11) is -3.33. The molecule has 4 nitrogen and oxygen atoms in total. The number of sulfonamides is 1. The normalized spacial score (nSPS) is 12.2. The van der Waals surface area contributed by atoms with Crippen molar-refractivity contribution in [3.8, 4) is 0 Å². The maximum absolute atomic E-state index is 11.9. The Labute approximate surface area is 122 Å². The Balaban J connectivity index is 2.39. The molecule has 0 aliphatic rings. The molecule has 1 rings (SSSR count). The summed E-state index contributed by atoms with van der Waals surface area (Å²) >= 11 is 4.49. The third kappa shape index (κ3) is 4.97. The van der Waals surface area contributed by atoms with Gasteiger partial charge in [-0.3, -0.25) is 0 Å². The SMILES string of the molecule is CCN(CC)CCCNS(=O)(=O)c1ccc(Br)s1. The summed E-state index contributed by atoms with van der Waals surface area (Å²) in [6.45, 7) is 7.62. The Kier molecular flexibility index (Phi) is 6.79. The average Bonchev–Trinajstić information content (AvgIpc) is 2.77. The molecule has 7 heteroatoms. The lowest BCUT2D eigenvalue weighted by atomic mass is 10.4. The van der Waals surface area contributed by atoms with Crippen LogP contribution in [0.4, 0.5) is 0 Å². The van der Waals surface area contributed by atoms with E-state index in [-0.39, 0.29) is 0 Å². The second-order valence-electron chi connectivity index (χ2n) is 3.84. The van der Waals surface area contributed by atoms with Crippen molar-refractivity contribution in [1.29, 1.82) is 0 Å². The first kappa shape index (κ1) is 16.1. The fourth-order valence-corrected chi connectivity index (χ4v) is 4.69. The summed E-state index contributed by atoms with van der Waals surface area (Å²) in [4.78, 5) is 2.27. The van der Waals surface area contributed by atoms with Crippen molar-refractivity contribution in [3.63, 3.8) is 0 Å². The lowest BCUT2D eigenvalue weighted by Gasteiger charge is -2.17. The molecule has 0 saturated carbocycles. The smallest absolute Gasteiger partial charge is 0.250 e. The summed E-state index contributed by atoms with van der Waals surface area (Å²) in [6.07, 6.45) is 0.827. The van der Waals surface area contributed by atoms with Gasteiger partial charge in [-0.2, -0.15) is 0 Å². The van der Waals surface area contributed by atoms with E-state index >= 15 is 0 Å². The predicted molar refractivity (Wildman–Crippen MR) is 79.6 cm³/mol. The topological polar surface area (TPSA) is 49.4 Å². The maximum atomic E-state index is 11.9. The standard InChI is InChI=1S/C11H19BrN2O2S2/c1-3-14(4-2)9-5-8-13-18(15,16)11-7-6-10(12)17-11/h6-7,13H,3-5,8-9H2,1-2H3. The van der Waals surface area contributed by atoms with E-state index in [0.717, 1.165) is 29.8 Å². The first-order valence-corrected chi connectivity index (χ1v) is 9.06. The van der Waals surface area contributed by atoms with Crippen LogP contribution in [-0.4, -0.2) is 39.5 Å². The minimum atomic E-state index is -3.33. The van der Waals surface area contributed by atoms with Crippen molar-refractivity contribution in [1.82, 2.24) is 9.62 Å². The number of hydrogen-bond donors (Lipinski definition) is 1. The molecule has 1 aromatic rings. The second kappa shape index (κ2) is 7.59. The number of rotatable bonds is 8. The second-order valence-corrected chi connectivity index (χ2v) is 8.29. The molecule has 0 aromatic carbocycles. The zero-order valence-corrected chi connectivity index (χ0v) is 13.9. The molecule has 18 heavy (non-hydrogen) atoms. The van der Waals surface area contributed by atoms with Gasteiger partial charge in [-0.15, -0.1) is 11.3 Å². The molecule has 1 heterocycles. The minimum absolute atomic E-state index is 0.359. The van der Waals surface area contributed by atoms with Gasteiger partial charge in [-0.05, 0) is 54.1 Å². The summed E-state index contributed by atoms with van der Waals surface area (Å²) in [5, 5.41) is 0. The van der Waals surface area contributed by atoms with E-state index in [1.165, 1.54) is 11.3 Å². The first-order chi connectivity index (χ1) is 8.49. The predicted octanol–water partition coefficient (Wildman–Crippen LogP) is 2.52. The third-order valence-corrected chi connectivity index (χ3v) is 6.23. The molecule has 0 bridgehead atoms. The molecule has 0 unspecified atom stereocenters. The summed E-state index contributed by atoms with van der Waals surface area (Å²) in [5.74, 6) is 0. The maximum Gasteiger partial charge on any atom is 0.250 e. The van der Waals surface area contributed by atoms with Gasteiger partial charge in [0.05, 0.1) is 3.79 Å². The number of hydrogen-bond acceptors (Lipinski definition) is 4. The van der Waals surface area contributed by atoms with Gasteiger partial charge in [-0.1, -0.05) is 13.8 Å². The molecule has 0 atom stereocenters. The van der Waals surface area contributed by atoms with Gasteiger partial charge < -0.3 is 4.90 Å². The highest BCUT2D eigenvalue weighted by molar-refractivity contribution is 9.11. The van der Waals surface area contributed by atoms with Gasteiger partial charge in [0.2, 0.25) is 10.0 Å². The van der Waals surface area contributed by atoms with E-state index in [1.54, 1.807) is 12.1 Å². The number of thiophene rings is 1. The van der Waals surface area contributed by atoms with Crippen molar-refractivity contribution in [2.75, 3.05) is 26.2 Å². The molecule has 0 aliphatic carbocycles. The van der Waals surface area contributed by atoms with Crippen LogP contribution >= 0.6 is 27.3 Å². The first-order valence-electron chi connectivity index (χ1n) is 5.97. The number of halogens is 1. The molecule has 0 aliphatic heterocycles. The molecule has 0 amide bonds. The van der Waals surface area contributed by atoms with E-state index in [0.29, 0.717) is 10.8 Å². The van der Waals surface area contributed by atoms with Crippen LogP contribution in [0.15, 0.2) is 20.1 Å². The van der Waals surface area contributed by atoms with Gasteiger partial charge in [0, 0.05) is 6.54 Å². The minimum Gasteiger partial charge on any atom is -0.304 e. The summed E-state index contributed by atoms with van der Waals surface area (Å²) in [5.41, 5.74) is 0. The van der Waals surface area contributed by atoms with Crippen molar-refractivity contribution >= 4 is 37.3 Å². The molecule has 0 radical (unpaired) electrons. The monoisotopic (exact) mass is 354 g/mol. The summed E-state index contributed by atoms with van der Waals surface area (Å²) < 4.78 is 27.6. The van der Waals surface area contributed by atoms with E-state index in [1.807, 2.05) is 0 Å². The fraction of sp³-hybridized carbons (Fsp3) is 0.636. The van der Waals surface area contributed by atoms with Crippen LogP contribution in [0.2, 0.25) is 0 Å². The van der Waals surface area contributed by atoms with Crippen LogP contribution in [0.1, 0.15) is 20.3 Å². The van der Waals surface area contributed by atoms with Gasteiger partial charge in [-0.25, -0.2) is 13.1 Å². The van der Waals surface area contributed by atoms with E-state index in [4.69, 9.17) is 0 Å². The zero-order chi connectivity index (χ0) is 13.6.